The summed E-state index contributed by atoms with van der Waals surface area (Å²) in [7, 11) is 0. The summed E-state index contributed by atoms with van der Waals surface area (Å²) in [5.41, 5.74) is -2.79. The SMILES string of the molecule is CCCCC[C@]1(C[C@@H]2C(=O)O[C@@H]3O[C@@]4(C)CC[C@H]5[C@H](C)CC[C@@H]2[C@@]35OO4)C(=O)O[C@@H]2O[C@@]3(C)CC[C@H]4[C@H](C)CC[C@@H]1[C@@]24OO3. The quantitative estimate of drug-likeness (QED) is 0.197. The van der Waals surface area contributed by atoms with E-state index in [-0.39, 0.29) is 35.6 Å². The van der Waals surface area contributed by atoms with Gasteiger partial charge in [0, 0.05) is 36.5 Å². The third-order valence-electron chi connectivity index (χ3n) is 13.6. The molecular weight excluding hydrogens is 568 g/mol. The lowest BCUT2D eigenvalue weighted by atomic mass is 9.49. The Labute approximate surface area is 260 Å². The van der Waals surface area contributed by atoms with Crippen molar-refractivity contribution in [3.05, 3.63) is 0 Å². The van der Waals surface area contributed by atoms with Crippen LogP contribution >= 0.6 is 0 Å². The van der Waals surface area contributed by atoms with Crippen LogP contribution in [0.2, 0.25) is 0 Å². The smallest absolute Gasteiger partial charge is 0.314 e. The van der Waals surface area contributed by atoms with Crippen LogP contribution in [0.15, 0.2) is 0 Å². The Kier molecular flexibility index (Phi) is 6.90. The Hall–Kier alpha value is -1.30. The fourth-order valence-corrected chi connectivity index (χ4v) is 11.3. The van der Waals surface area contributed by atoms with Crippen LogP contribution in [-0.4, -0.2) is 47.3 Å². The summed E-state index contributed by atoms with van der Waals surface area (Å²) in [5.74, 6) is -2.55. The lowest BCUT2D eigenvalue weighted by molar-refractivity contribution is -0.564. The van der Waals surface area contributed by atoms with Gasteiger partial charge in [-0.3, -0.25) is 9.59 Å². The van der Waals surface area contributed by atoms with E-state index in [0.29, 0.717) is 37.5 Å². The molecule has 10 aliphatic rings. The fourth-order valence-electron chi connectivity index (χ4n) is 11.3. The molecule has 0 aromatic heterocycles. The van der Waals surface area contributed by atoms with E-state index in [1.165, 1.54) is 0 Å². The maximum atomic E-state index is 14.6. The molecule has 0 unspecified atom stereocenters. The highest BCUT2D eigenvalue weighted by atomic mass is 17.3. The van der Waals surface area contributed by atoms with Crippen molar-refractivity contribution in [3.8, 4) is 0 Å². The van der Waals surface area contributed by atoms with E-state index in [0.717, 1.165) is 57.8 Å². The van der Waals surface area contributed by atoms with E-state index in [4.69, 9.17) is 38.5 Å². The zero-order valence-corrected chi connectivity index (χ0v) is 27.0. The first-order valence-electron chi connectivity index (χ1n) is 17.5. The van der Waals surface area contributed by atoms with E-state index in [1.807, 2.05) is 13.8 Å². The van der Waals surface area contributed by atoms with Crippen molar-refractivity contribution in [1.82, 2.24) is 0 Å². The van der Waals surface area contributed by atoms with Gasteiger partial charge < -0.3 is 18.9 Å². The summed E-state index contributed by atoms with van der Waals surface area (Å²) in [6.07, 6.45) is 8.69. The molecule has 0 radical (unpaired) electrons. The Morgan fingerprint density at radius 1 is 0.705 bits per heavy atom. The first-order chi connectivity index (χ1) is 21.0. The Morgan fingerprint density at radius 2 is 1.32 bits per heavy atom. The van der Waals surface area contributed by atoms with Crippen molar-refractivity contribution in [1.29, 1.82) is 0 Å². The molecule has 0 aromatic rings. The van der Waals surface area contributed by atoms with Gasteiger partial charge in [0.15, 0.2) is 11.2 Å². The highest BCUT2D eigenvalue weighted by molar-refractivity contribution is 5.81. The minimum absolute atomic E-state index is 0.110. The van der Waals surface area contributed by atoms with Gasteiger partial charge in [-0.25, -0.2) is 19.6 Å². The minimum Gasteiger partial charge on any atom is -0.432 e. The van der Waals surface area contributed by atoms with Gasteiger partial charge >= 0.3 is 11.9 Å². The molecule has 4 bridgehead atoms. The molecule has 2 aliphatic carbocycles. The number of fused-ring (bicyclic) bond motifs is 4. The first-order valence-corrected chi connectivity index (χ1v) is 17.5. The average Bonchev–Trinajstić information content (AvgIpc) is 3.36. The van der Waals surface area contributed by atoms with Gasteiger partial charge in [-0.1, -0.05) is 40.0 Å². The Morgan fingerprint density at radius 3 is 2.00 bits per heavy atom. The van der Waals surface area contributed by atoms with Crippen LogP contribution in [0.5, 0.6) is 0 Å². The highest BCUT2D eigenvalue weighted by Crippen LogP contribution is 2.67. The molecule has 8 aliphatic heterocycles. The van der Waals surface area contributed by atoms with Crippen LogP contribution in [0.3, 0.4) is 0 Å². The molecule has 2 spiro atoms. The van der Waals surface area contributed by atoms with Crippen molar-refractivity contribution in [2.45, 2.75) is 153 Å². The third-order valence-corrected chi connectivity index (χ3v) is 13.6. The fraction of sp³-hybridized carbons (Fsp3) is 0.941. The van der Waals surface area contributed by atoms with Crippen molar-refractivity contribution >= 4 is 11.9 Å². The maximum absolute atomic E-state index is 14.6. The van der Waals surface area contributed by atoms with E-state index < -0.39 is 46.7 Å². The summed E-state index contributed by atoms with van der Waals surface area (Å²) < 4.78 is 25.5. The Balaban J connectivity index is 1.22. The normalized spacial score (nSPS) is 55.7. The number of carbonyl (C=O) groups is 2. The largest absolute Gasteiger partial charge is 0.432 e. The number of rotatable bonds is 6. The molecule has 10 nitrogen and oxygen atoms in total. The molecule has 44 heavy (non-hydrogen) atoms. The van der Waals surface area contributed by atoms with Crippen LogP contribution in [0.1, 0.15) is 118 Å². The van der Waals surface area contributed by atoms with Gasteiger partial charge in [-0.2, -0.15) is 0 Å². The van der Waals surface area contributed by atoms with E-state index in [9.17, 15) is 9.59 Å². The van der Waals surface area contributed by atoms with E-state index in [2.05, 4.69) is 20.8 Å². The number of carbonyl (C=O) groups excluding carboxylic acids is 2. The summed E-state index contributed by atoms with van der Waals surface area (Å²) in [4.78, 5) is 53.9. The number of unbranched alkanes of at least 4 members (excludes halogenated alkanes) is 2. The monoisotopic (exact) mass is 618 g/mol. The molecule has 8 heterocycles. The third kappa shape index (κ3) is 3.93. The average molecular weight is 619 g/mol. The summed E-state index contributed by atoms with van der Waals surface area (Å²) >= 11 is 0. The summed E-state index contributed by atoms with van der Waals surface area (Å²) in [6.45, 7) is 10.4. The number of hydrogen-bond acceptors (Lipinski definition) is 10. The molecule has 0 N–H and O–H groups in total. The topological polar surface area (TPSA) is 108 Å². The van der Waals surface area contributed by atoms with Gasteiger partial charge in [0.05, 0.1) is 11.3 Å². The second-order valence-corrected chi connectivity index (χ2v) is 16.0. The predicted molar refractivity (Wildman–Crippen MR) is 152 cm³/mol. The minimum atomic E-state index is -0.962. The molecule has 14 atom stereocenters. The van der Waals surface area contributed by atoms with E-state index >= 15 is 0 Å². The van der Waals surface area contributed by atoms with Crippen LogP contribution < -0.4 is 0 Å². The van der Waals surface area contributed by atoms with Gasteiger partial charge in [0.2, 0.25) is 24.2 Å². The van der Waals surface area contributed by atoms with Gasteiger partial charge in [-0.15, -0.1) is 0 Å². The van der Waals surface area contributed by atoms with Gasteiger partial charge in [0.25, 0.3) is 0 Å². The van der Waals surface area contributed by atoms with Crippen LogP contribution in [0, 0.1) is 46.8 Å². The van der Waals surface area contributed by atoms with Gasteiger partial charge in [-0.05, 0) is 77.0 Å². The zero-order chi connectivity index (χ0) is 30.7. The summed E-state index contributed by atoms with van der Waals surface area (Å²) in [5, 5.41) is 0. The molecular formula is C34H50O10. The lowest BCUT2D eigenvalue weighted by Crippen LogP contribution is -2.74. The van der Waals surface area contributed by atoms with Crippen molar-refractivity contribution in [3.63, 3.8) is 0 Å². The number of ether oxygens (including phenoxy) is 4. The van der Waals surface area contributed by atoms with Crippen LogP contribution in [0.4, 0.5) is 0 Å². The van der Waals surface area contributed by atoms with Crippen molar-refractivity contribution in [2.75, 3.05) is 0 Å². The zero-order valence-electron chi connectivity index (χ0n) is 27.0. The lowest BCUT2D eigenvalue weighted by Gasteiger charge is -2.63. The van der Waals surface area contributed by atoms with E-state index in [1.54, 1.807) is 0 Å². The molecule has 0 aromatic carbocycles. The molecule has 10 heteroatoms. The molecule has 0 amide bonds. The molecule has 10 rings (SSSR count). The second-order valence-electron chi connectivity index (χ2n) is 16.0. The first kappa shape index (κ1) is 30.1. The van der Waals surface area contributed by atoms with Crippen molar-refractivity contribution < 1.29 is 48.1 Å². The summed E-state index contributed by atoms with van der Waals surface area (Å²) in [6, 6.07) is 0. The standard InChI is InChI=1S/C34H50O10/c1-6-7-8-15-32(25-12-10-20(3)23-14-17-31(5)40-29(38-27(32)36)34(23,25)44-42-31)18-21-24-11-9-19(2)22-13-16-30(4)39-28(37-26(21)35)33(22,24)43-41-30/h19-25,28-29H,6-18H2,1-5H3/t19-,20-,21+,22+,23+,24+,25+,28-,29-,30-,31-,32-,33-,34-/m1/s1. The molecule has 8 saturated heterocycles. The number of esters is 2. The van der Waals surface area contributed by atoms with Crippen molar-refractivity contribution in [2.24, 2.45) is 46.8 Å². The Bertz CT molecular complexity index is 1190. The molecule has 10 fully saturated rings. The maximum Gasteiger partial charge on any atom is 0.314 e. The second kappa shape index (κ2) is 10.1. The van der Waals surface area contributed by atoms with Crippen LogP contribution in [-0.2, 0) is 48.1 Å². The highest BCUT2D eigenvalue weighted by Gasteiger charge is 2.76. The number of hydrogen-bond donors (Lipinski definition) is 0. The van der Waals surface area contributed by atoms with Gasteiger partial charge in [0.1, 0.15) is 0 Å². The van der Waals surface area contributed by atoms with Crippen LogP contribution in [0.25, 0.3) is 0 Å². The molecule has 246 valence electrons. The molecule has 2 saturated carbocycles. The predicted octanol–water partition coefficient (Wildman–Crippen LogP) is 6.10.